The van der Waals surface area contributed by atoms with Crippen molar-refractivity contribution in [3.8, 4) is 0 Å². The molecule has 0 aromatic rings. The Labute approximate surface area is 48.8 Å². The van der Waals surface area contributed by atoms with Gasteiger partial charge in [-0.05, 0) is 0 Å². The maximum Gasteiger partial charge on any atom is 0.184 e. The Morgan fingerprint density at radius 2 is 1.88 bits per heavy atom. The van der Waals surface area contributed by atoms with Crippen molar-refractivity contribution in [1.82, 2.24) is 0 Å². The lowest BCUT2D eigenvalue weighted by Gasteiger charge is -2.10. The number of ether oxygens (including phenoxy) is 2. The number of nitrogens with two attached hydrogens (primary N) is 1. The molecule has 0 amide bonds. The first-order valence-corrected chi connectivity index (χ1v) is 2.61. The van der Waals surface area contributed by atoms with Crippen molar-refractivity contribution < 1.29 is 9.47 Å². The van der Waals surface area contributed by atoms with Crippen LogP contribution >= 0.6 is 0 Å². The molecule has 1 rings (SSSR count). The summed E-state index contributed by atoms with van der Waals surface area (Å²) >= 11 is 0. The molecule has 0 aliphatic heterocycles. The SMILES string of the molecule is COC1(OC)CC1N. The van der Waals surface area contributed by atoms with Crippen LogP contribution in [0.4, 0.5) is 0 Å². The third-order valence-electron chi connectivity index (χ3n) is 1.60. The third-order valence-corrected chi connectivity index (χ3v) is 1.60. The fraction of sp³-hybridized carbons (Fsp3) is 1.00. The number of rotatable bonds is 2. The summed E-state index contributed by atoms with van der Waals surface area (Å²) in [4.78, 5) is 0. The van der Waals surface area contributed by atoms with Gasteiger partial charge in [0.25, 0.3) is 0 Å². The molecule has 0 heterocycles. The minimum Gasteiger partial charge on any atom is -0.352 e. The Balaban J connectivity index is 2.39. The van der Waals surface area contributed by atoms with Gasteiger partial charge in [-0.2, -0.15) is 0 Å². The molecular formula is C5H11NO2. The van der Waals surface area contributed by atoms with Gasteiger partial charge in [-0.25, -0.2) is 0 Å². The Hall–Kier alpha value is -0.120. The minimum atomic E-state index is -0.431. The molecule has 0 radical (unpaired) electrons. The van der Waals surface area contributed by atoms with Crippen LogP contribution in [-0.2, 0) is 9.47 Å². The van der Waals surface area contributed by atoms with Crippen molar-refractivity contribution in [1.29, 1.82) is 0 Å². The van der Waals surface area contributed by atoms with Crippen LogP contribution in [0.1, 0.15) is 6.42 Å². The summed E-state index contributed by atoms with van der Waals surface area (Å²) in [7, 11) is 3.22. The van der Waals surface area contributed by atoms with Gasteiger partial charge in [-0.1, -0.05) is 0 Å². The average molecular weight is 117 g/mol. The van der Waals surface area contributed by atoms with E-state index >= 15 is 0 Å². The van der Waals surface area contributed by atoms with Gasteiger partial charge in [0, 0.05) is 20.6 Å². The lowest BCUT2D eigenvalue weighted by molar-refractivity contribution is -0.131. The first-order valence-electron chi connectivity index (χ1n) is 2.61. The fourth-order valence-corrected chi connectivity index (χ4v) is 0.800. The predicted molar refractivity (Wildman–Crippen MR) is 29.3 cm³/mol. The number of hydrogen-bond acceptors (Lipinski definition) is 3. The Kier molecular flexibility index (Phi) is 1.27. The molecule has 1 aliphatic rings. The summed E-state index contributed by atoms with van der Waals surface area (Å²) in [6.45, 7) is 0. The molecule has 3 nitrogen and oxygen atoms in total. The van der Waals surface area contributed by atoms with Crippen LogP contribution < -0.4 is 5.73 Å². The van der Waals surface area contributed by atoms with Crippen molar-refractivity contribution in [3.63, 3.8) is 0 Å². The van der Waals surface area contributed by atoms with Crippen LogP contribution in [0.25, 0.3) is 0 Å². The van der Waals surface area contributed by atoms with Crippen molar-refractivity contribution >= 4 is 0 Å². The molecule has 0 aromatic heterocycles. The highest BCUT2D eigenvalue weighted by Gasteiger charge is 2.53. The molecule has 0 saturated heterocycles. The van der Waals surface area contributed by atoms with Gasteiger partial charge >= 0.3 is 0 Å². The molecule has 1 saturated carbocycles. The molecule has 2 N–H and O–H groups in total. The molecule has 0 aromatic carbocycles. The monoisotopic (exact) mass is 117 g/mol. The van der Waals surface area contributed by atoms with Crippen LogP contribution in [0.3, 0.4) is 0 Å². The second kappa shape index (κ2) is 1.69. The largest absolute Gasteiger partial charge is 0.352 e. The summed E-state index contributed by atoms with van der Waals surface area (Å²) in [5, 5.41) is 0. The molecule has 0 spiro atoms. The molecule has 1 atom stereocenters. The van der Waals surface area contributed by atoms with Gasteiger partial charge in [-0.15, -0.1) is 0 Å². The number of methoxy groups -OCH3 is 2. The lowest BCUT2D eigenvalue weighted by atomic mass is 10.6. The van der Waals surface area contributed by atoms with E-state index in [2.05, 4.69) is 0 Å². The zero-order valence-electron chi connectivity index (χ0n) is 5.18. The molecule has 1 fully saturated rings. The van der Waals surface area contributed by atoms with E-state index in [1.807, 2.05) is 0 Å². The normalized spacial score (nSPS) is 32.6. The maximum atomic E-state index is 5.47. The van der Waals surface area contributed by atoms with Crippen LogP contribution in [0.2, 0.25) is 0 Å². The molecular weight excluding hydrogens is 106 g/mol. The van der Waals surface area contributed by atoms with Crippen molar-refractivity contribution in [3.05, 3.63) is 0 Å². The molecule has 1 unspecified atom stereocenters. The predicted octanol–water partition coefficient (Wildman–Crippen LogP) is -0.294. The van der Waals surface area contributed by atoms with E-state index < -0.39 is 5.79 Å². The van der Waals surface area contributed by atoms with E-state index in [4.69, 9.17) is 15.2 Å². The Morgan fingerprint density at radius 1 is 1.50 bits per heavy atom. The minimum absolute atomic E-state index is 0.0810. The van der Waals surface area contributed by atoms with Gasteiger partial charge in [-0.3, -0.25) is 0 Å². The van der Waals surface area contributed by atoms with Crippen LogP contribution in [0.15, 0.2) is 0 Å². The summed E-state index contributed by atoms with van der Waals surface area (Å²) < 4.78 is 9.93. The summed E-state index contributed by atoms with van der Waals surface area (Å²) in [5.74, 6) is -0.431. The van der Waals surface area contributed by atoms with E-state index in [-0.39, 0.29) is 6.04 Å². The summed E-state index contributed by atoms with van der Waals surface area (Å²) in [6, 6.07) is 0.0810. The van der Waals surface area contributed by atoms with Crippen molar-refractivity contribution in [2.75, 3.05) is 14.2 Å². The Bertz CT molecular complexity index is 84.9. The van der Waals surface area contributed by atoms with Gasteiger partial charge in [0.2, 0.25) is 0 Å². The topological polar surface area (TPSA) is 44.5 Å². The van der Waals surface area contributed by atoms with Crippen molar-refractivity contribution in [2.24, 2.45) is 5.73 Å². The highest BCUT2D eigenvalue weighted by Crippen LogP contribution is 2.37. The summed E-state index contributed by atoms with van der Waals surface area (Å²) in [5.41, 5.74) is 5.47. The maximum absolute atomic E-state index is 5.47. The first-order chi connectivity index (χ1) is 3.75. The van der Waals surface area contributed by atoms with Crippen molar-refractivity contribution in [2.45, 2.75) is 18.2 Å². The second-order valence-corrected chi connectivity index (χ2v) is 2.03. The molecule has 8 heavy (non-hydrogen) atoms. The second-order valence-electron chi connectivity index (χ2n) is 2.03. The number of hydrogen-bond donors (Lipinski definition) is 1. The molecule has 0 bridgehead atoms. The van der Waals surface area contributed by atoms with Gasteiger partial charge < -0.3 is 15.2 Å². The smallest absolute Gasteiger partial charge is 0.184 e. The lowest BCUT2D eigenvalue weighted by Crippen LogP contribution is -2.24. The fourth-order valence-electron chi connectivity index (χ4n) is 0.800. The van der Waals surface area contributed by atoms with Gasteiger partial charge in [0.1, 0.15) is 0 Å². The standard InChI is InChI=1S/C5H11NO2/c1-7-5(8-2)3-4(5)6/h4H,3,6H2,1-2H3. The van der Waals surface area contributed by atoms with Crippen LogP contribution in [0.5, 0.6) is 0 Å². The van der Waals surface area contributed by atoms with Crippen LogP contribution in [0, 0.1) is 0 Å². The molecule has 3 heteroatoms. The zero-order valence-corrected chi connectivity index (χ0v) is 5.18. The molecule has 1 aliphatic carbocycles. The van der Waals surface area contributed by atoms with E-state index in [0.29, 0.717) is 0 Å². The van der Waals surface area contributed by atoms with E-state index in [1.165, 1.54) is 0 Å². The Morgan fingerprint density at radius 3 is 1.88 bits per heavy atom. The third kappa shape index (κ3) is 0.632. The highest BCUT2D eigenvalue weighted by atomic mass is 16.7. The molecule has 48 valence electrons. The highest BCUT2D eigenvalue weighted by molar-refractivity contribution is 5.01. The van der Waals surface area contributed by atoms with Gasteiger partial charge in [0.05, 0.1) is 6.04 Å². The first kappa shape index (κ1) is 6.01. The van der Waals surface area contributed by atoms with Crippen LogP contribution in [-0.4, -0.2) is 26.0 Å². The van der Waals surface area contributed by atoms with E-state index in [9.17, 15) is 0 Å². The van der Waals surface area contributed by atoms with Gasteiger partial charge in [0.15, 0.2) is 5.79 Å². The van der Waals surface area contributed by atoms with E-state index in [0.717, 1.165) is 6.42 Å². The zero-order chi connectivity index (χ0) is 6.20. The van der Waals surface area contributed by atoms with E-state index in [1.54, 1.807) is 14.2 Å². The quantitative estimate of drug-likeness (QED) is 0.505. The average Bonchev–Trinajstić information content (AvgIpc) is 2.43. The summed E-state index contributed by atoms with van der Waals surface area (Å²) in [6.07, 6.45) is 0.819.